The van der Waals surface area contributed by atoms with Gasteiger partial charge in [0.25, 0.3) is 0 Å². The molecule has 0 amide bonds. The van der Waals surface area contributed by atoms with Crippen LogP contribution in [0, 0.1) is 5.92 Å². The van der Waals surface area contributed by atoms with E-state index in [4.69, 9.17) is 14.2 Å². The Labute approximate surface area is 126 Å². The molecule has 2 bridgehead atoms. The van der Waals surface area contributed by atoms with Crippen LogP contribution in [0.4, 0.5) is 0 Å². The zero-order valence-electron chi connectivity index (χ0n) is 12.6. The van der Waals surface area contributed by atoms with E-state index in [2.05, 4.69) is 6.92 Å². The summed E-state index contributed by atoms with van der Waals surface area (Å²) in [5.74, 6) is -0.510. The highest BCUT2D eigenvalue weighted by molar-refractivity contribution is 6.12. The Hall–Kier alpha value is -1.33. The smallest absolute Gasteiger partial charge is 0.314 e. The molecule has 0 aliphatic carbocycles. The van der Waals surface area contributed by atoms with Gasteiger partial charge >= 0.3 is 5.97 Å². The van der Waals surface area contributed by atoms with Gasteiger partial charge in [0.05, 0.1) is 17.7 Å². The SMILES string of the molecule is B[C@@H]1O[C@@]2(CC)CCO[C@H]1C2C(=O)OCc1ccccc1. The zero-order valence-corrected chi connectivity index (χ0v) is 12.6. The van der Waals surface area contributed by atoms with Crippen LogP contribution in [-0.2, 0) is 25.6 Å². The molecular formula is C16H21BO4. The van der Waals surface area contributed by atoms with Crippen molar-refractivity contribution in [1.29, 1.82) is 0 Å². The first kappa shape index (κ1) is 14.6. The second-order valence-electron chi connectivity index (χ2n) is 5.90. The average molecular weight is 288 g/mol. The number of benzene rings is 1. The van der Waals surface area contributed by atoms with Gasteiger partial charge in [-0.25, -0.2) is 0 Å². The largest absolute Gasteiger partial charge is 0.460 e. The maximum absolute atomic E-state index is 12.6. The molecule has 4 nitrogen and oxygen atoms in total. The summed E-state index contributed by atoms with van der Waals surface area (Å²) in [6, 6.07) is 9.68. The first-order valence-corrected chi connectivity index (χ1v) is 7.66. The minimum Gasteiger partial charge on any atom is -0.460 e. The average Bonchev–Trinajstić information content (AvgIpc) is 2.69. The van der Waals surface area contributed by atoms with Crippen LogP contribution in [0.2, 0.25) is 0 Å². The number of esters is 1. The zero-order chi connectivity index (χ0) is 14.9. The molecular weight excluding hydrogens is 267 g/mol. The van der Waals surface area contributed by atoms with E-state index >= 15 is 0 Å². The molecule has 21 heavy (non-hydrogen) atoms. The number of hydrogen-bond acceptors (Lipinski definition) is 4. The standard InChI is InChI=1S/C16H21BO4/c1-2-16-8-9-19-13(14(17)21-16)12(16)15(18)20-10-11-6-4-3-5-7-11/h3-7,12-14H,2,8-10,17H2,1H3/t12?,13-,14+,16-/m0/s1. The van der Waals surface area contributed by atoms with E-state index in [-0.39, 0.29) is 24.0 Å². The van der Waals surface area contributed by atoms with E-state index in [0.717, 1.165) is 18.4 Å². The van der Waals surface area contributed by atoms with Crippen LogP contribution in [0.15, 0.2) is 30.3 Å². The van der Waals surface area contributed by atoms with Gasteiger partial charge in [0.1, 0.15) is 20.4 Å². The fraction of sp³-hybridized carbons (Fsp3) is 0.562. The third-order valence-electron chi connectivity index (χ3n) is 4.69. The lowest BCUT2D eigenvalue weighted by atomic mass is 9.77. The lowest BCUT2D eigenvalue weighted by Crippen LogP contribution is -2.49. The number of carbonyl (C=O) groups is 1. The van der Waals surface area contributed by atoms with Crippen LogP contribution in [0.25, 0.3) is 0 Å². The Bertz CT molecular complexity index is 506. The van der Waals surface area contributed by atoms with Crippen LogP contribution in [-0.4, -0.2) is 38.1 Å². The molecule has 2 aliphatic heterocycles. The summed E-state index contributed by atoms with van der Waals surface area (Å²) in [5.41, 5.74) is 0.588. The van der Waals surface area contributed by atoms with E-state index < -0.39 is 5.60 Å². The van der Waals surface area contributed by atoms with Gasteiger partial charge in [0, 0.05) is 13.0 Å². The molecule has 1 aromatic rings. The highest BCUT2D eigenvalue weighted by Crippen LogP contribution is 2.46. The molecule has 1 aromatic carbocycles. The lowest BCUT2D eigenvalue weighted by molar-refractivity contribution is -0.167. The summed E-state index contributed by atoms with van der Waals surface area (Å²) in [7, 11) is 1.98. The summed E-state index contributed by atoms with van der Waals surface area (Å²) in [6.07, 6.45) is 1.39. The van der Waals surface area contributed by atoms with Crippen molar-refractivity contribution >= 4 is 13.8 Å². The normalized spacial score (nSPS) is 34.6. The minimum atomic E-state index is -0.407. The van der Waals surface area contributed by atoms with Crippen LogP contribution in [0.5, 0.6) is 0 Å². The Morgan fingerprint density at radius 3 is 2.90 bits per heavy atom. The van der Waals surface area contributed by atoms with Crippen molar-refractivity contribution in [2.24, 2.45) is 5.92 Å². The maximum atomic E-state index is 12.6. The van der Waals surface area contributed by atoms with Crippen LogP contribution < -0.4 is 0 Å². The molecule has 2 fully saturated rings. The number of ether oxygens (including phenoxy) is 3. The first-order chi connectivity index (χ1) is 10.2. The second-order valence-corrected chi connectivity index (χ2v) is 5.90. The summed E-state index contributed by atoms with van der Waals surface area (Å²) >= 11 is 0. The molecule has 3 rings (SSSR count). The molecule has 0 spiro atoms. The number of rotatable bonds is 4. The van der Waals surface area contributed by atoms with E-state index in [1.807, 2.05) is 38.2 Å². The third kappa shape index (κ3) is 2.60. The summed E-state index contributed by atoms with van der Waals surface area (Å²) in [6.45, 7) is 3.03. The highest BCUT2D eigenvalue weighted by Gasteiger charge is 2.59. The summed E-state index contributed by atoms with van der Waals surface area (Å²) in [5, 5.41) is 0. The summed E-state index contributed by atoms with van der Waals surface area (Å²) < 4.78 is 17.4. The van der Waals surface area contributed by atoms with Gasteiger partial charge in [0.2, 0.25) is 0 Å². The molecule has 0 N–H and O–H groups in total. The van der Waals surface area contributed by atoms with Crippen LogP contribution in [0.1, 0.15) is 25.3 Å². The van der Waals surface area contributed by atoms with E-state index in [1.54, 1.807) is 0 Å². The van der Waals surface area contributed by atoms with Gasteiger partial charge in [-0.2, -0.15) is 0 Å². The number of fused-ring (bicyclic) bond motifs is 2. The second kappa shape index (κ2) is 5.81. The van der Waals surface area contributed by atoms with Crippen molar-refractivity contribution in [3.05, 3.63) is 35.9 Å². The van der Waals surface area contributed by atoms with Crippen molar-refractivity contribution in [3.8, 4) is 0 Å². The van der Waals surface area contributed by atoms with Gasteiger partial charge in [-0.1, -0.05) is 37.3 Å². The van der Waals surface area contributed by atoms with Crippen molar-refractivity contribution in [3.63, 3.8) is 0 Å². The molecule has 0 saturated carbocycles. The highest BCUT2D eigenvalue weighted by atomic mass is 16.6. The molecule has 2 aliphatic rings. The Morgan fingerprint density at radius 1 is 1.43 bits per heavy atom. The molecule has 112 valence electrons. The molecule has 2 heterocycles. The maximum Gasteiger partial charge on any atom is 0.314 e. The fourth-order valence-electron chi connectivity index (χ4n) is 3.54. The first-order valence-electron chi connectivity index (χ1n) is 7.66. The van der Waals surface area contributed by atoms with Crippen molar-refractivity contribution in [1.82, 2.24) is 0 Å². The third-order valence-corrected chi connectivity index (χ3v) is 4.69. The van der Waals surface area contributed by atoms with Crippen LogP contribution >= 0.6 is 0 Å². The van der Waals surface area contributed by atoms with Gasteiger partial charge in [0.15, 0.2) is 0 Å². The predicted molar refractivity (Wildman–Crippen MR) is 80.5 cm³/mol. The van der Waals surface area contributed by atoms with Crippen LogP contribution in [0.3, 0.4) is 0 Å². The Kier molecular flexibility index (Phi) is 4.04. The Morgan fingerprint density at radius 2 is 2.19 bits per heavy atom. The topological polar surface area (TPSA) is 44.8 Å². The quantitative estimate of drug-likeness (QED) is 0.618. The van der Waals surface area contributed by atoms with Crippen molar-refractivity contribution < 1.29 is 19.0 Å². The van der Waals surface area contributed by atoms with Crippen molar-refractivity contribution in [2.45, 2.75) is 44.1 Å². The Balaban J connectivity index is 1.71. The van der Waals surface area contributed by atoms with Gasteiger partial charge in [-0.15, -0.1) is 0 Å². The minimum absolute atomic E-state index is 0.0540. The van der Waals surface area contributed by atoms with Gasteiger partial charge in [-0.3, -0.25) is 4.79 Å². The molecule has 1 unspecified atom stereocenters. The van der Waals surface area contributed by atoms with Gasteiger partial charge < -0.3 is 14.2 Å². The molecule has 5 heteroatoms. The van der Waals surface area contributed by atoms with E-state index in [9.17, 15) is 4.79 Å². The van der Waals surface area contributed by atoms with Gasteiger partial charge in [-0.05, 0) is 12.0 Å². The molecule has 2 saturated heterocycles. The number of carbonyl (C=O) groups excluding carboxylic acids is 1. The van der Waals surface area contributed by atoms with E-state index in [0.29, 0.717) is 13.2 Å². The fourth-order valence-corrected chi connectivity index (χ4v) is 3.54. The molecule has 0 radical (unpaired) electrons. The number of hydrogen-bond donors (Lipinski definition) is 0. The monoisotopic (exact) mass is 288 g/mol. The van der Waals surface area contributed by atoms with Crippen molar-refractivity contribution in [2.75, 3.05) is 6.61 Å². The van der Waals surface area contributed by atoms with E-state index in [1.165, 1.54) is 0 Å². The summed E-state index contributed by atoms with van der Waals surface area (Å²) in [4.78, 5) is 12.6. The molecule has 0 aromatic heterocycles. The lowest BCUT2D eigenvalue weighted by Gasteiger charge is -2.37. The predicted octanol–water partition coefficient (Wildman–Crippen LogP) is 1.27. The molecule has 4 atom stereocenters.